The fraction of sp³-hybridized carbons (Fsp3) is 0.407. The molecule has 25 nitrogen and oxygen atoms in total. The highest BCUT2D eigenvalue weighted by Gasteiger charge is 2.27. The summed E-state index contributed by atoms with van der Waals surface area (Å²) >= 11 is 0. The summed E-state index contributed by atoms with van der Waals surface area (Å²) in [6, 6.07) is 21.9. The van der Waals surface area contributed by atoms with Crippen molar-refractivity contribution in [1.82, 2.24) is 40.9 Å². The molecule has 0 aliphatic carbocycles. The number of rotatable bonds is 27. The average molecular weight is 1100 g/mol. The Morgan fingerprint density at radius 2 is 0.962 bits per heavy atom. The number of urea groups is 1. The van der Waals surface area contributed by atoms with Crippen LogP contribution in [0.1, 0.15) is 48.0 Å². The predicted octanol–water partition coefficient (Wildman–Crippen LogP) is 1.62. The minimum atomic E-state index is -1.56. The molecule has 25 heteroatoms. The van der Waals surface area contributed by atoms with Gasteiger partial charge in [0, 0.05) is 83.0 Å². The first-order valence-corrected chi connectivity index (χ1v) is 25.6. The third-order valence-corrected chi connectivity index (χ3v) is 13.0. The summed E-state index contributed by atoms with van der Waals surface area (Å²) < 4.78 is 0. The molecule has 0 bridgehead atoms. The quantitative estimate of drug-likeness (QED) is 0.0378. The Morgan fingerprint density at radius 1 is 0.481 bits per heavy atom. The Hall–Kier alpha value is -8.52. The van der Waals surface area contributed by atoms with Gasteiger partial charge in [-0.1, -0.05) is 66.7 Å². The number of hydrogen-bond donors (Lipinski definition) is 11. The Balaban J connectivity index is 1.18. The number of unbranched alkanes of at least 4 members (excludes halogenated alkanes) is 1. The number of fused-ring (bicyclic) bond motifs is 1. The van der Waals surface area contributed by atoms with Crippen LogP contribution in [0.15, 0.2) is 91.0 Å². The number of aliphatic carboxylic acids is 6. The molecule has 1 aliphatic heterocycles. The minimum Gasteiger partial charge on any atom is -0.481 e. The molecule has 1 unspecified atom stereocenters. The van der Waals surface area contributed by atoms with E-state index < -0.39 is 84.6 Å². The second kappa shape index (κ2) is 31.0. The topological polar surface area (TPSA) is 365 Å². The molecule has 0 spiro atoms. The summed E-state index contributed by atoms with van der Waals surface area (Å²) in [5, 5.41) is 71.1. The smallest absolute Gasteiger partial charge is 0.326 e. The van der Waals surface area contributed by atoms with Gasteiger partial charge >= 0.3 is 41.8 Å². The first-order chi connectivity index (χ1) is 37.7. The Kier molecular flexibility index (Phi) is 24.1. The van der Waals surface area contributed by atoms with Crippen LogP contribution >= 0.6 is 0 Å². The molecule has 0 radical (unpaired) electrons. The Morgan fingerprint density at radius 3 is 1.46 bits per heavy atom. The number of carboxylic acids is 6. The maximum atomic E-state index is 13.8. The highest BCUT2D eigenvalue weighted by atomic mass is 16.4. The van der Waals surface area contributed by atoms with Crippen molar-refractivity contribution < 1.29 is 78.6 Å². The van der Waals surface area contributed by atoms with E-state index in [-0.39, 0.29) is 122 Å². The van der Waals surface area contributed by atoms with Crippen molar-refractivity contribution >= 4 is 76.0 Å². The van der Waals surface area contributed by atoms with E-state index in [0.717, 1.165) is 27.5 Å². The van der Waals surface area contributed by atoms with E-state index in [0.29, 0.717) is 5.69 Å². The van der Waals surface area contributed by atoms with Crippen LogP contribution in [0.3, 0.4) is 0 Å². The molecule has 0 aromatic heterocycles. The molecule has 4 aromatic rings. The van der Waals surface area contributed by atoms with Gasteiger partial charge in [-0.3, -0.25) is 53.2 Å². The number of benzene rings is 4. The van der Waals surface area contributed by atoms with Crippen molar-refractivity contribution in [3.05, 3.63) is 102 Å². The van der Waals surface area contributed by atoms with Crippen molar-refractivity contribution in [2.45, 2.75) is 56.7 Å². The number of carbonyl (C=O) groups is 10. The molecule has 4 aromatic carbocycles. The SMILES string of the molecule is O=C(O)CCC(NC(=O)N[C@@H](CCCCNC(=O)[C@H](Cc1ccc2ccccc2c1)NC(=O)c1ccc(-c2ccc(NC(=O)CN3CCN(CC(=O)O)CCN(CC(=O)O)CCN(CC(=O)O)CC3)cc2)cc1)C(=O)O)C(=O)O. The summed E-state index contributed by atoms with van der Waals surface area (Å²) in [6.45, 7) is 1.17. The lowest BCUT2D eigenvalue weighted by Gasteiger charge is -2.32. The highest BCUT2D eigenvalue weighted by molar-refractivity contribution is 5.98. The number of carbonyl (C=O) groups excluding carboxylic acids is 4. The zero-order valence-electron chi connectivity index (χ0n) is 43.4. The largest absolute Gasteiger partial charge is 0.481 e. The lowest BCUT2D eigenvalue weighted by atomic mass is 10.00. The van der Waals surface area contributed by atoms with E-state index >= 15 is 0 Å². The van der Waals surface area contributed by atoms with Crippen molar-refractivity contribution in [1.29, 1.82) is 0 Å². The van der Waals surface area contributed by atoms with E-state index in [2.05, 4.69) is 26.6 Å². The van der Waals surface area contributed by atoms with Crippen LogP contribution in [0.5, 0.6) is 0 Å². The fourth-order valence-electron chi connectivity index (χ4n) is 8.75. The lowest BCUT2D eigenvalue weighted by molar-refractivity contribution is -0.141. The Bertz CT molecular complexity index is 2750. The normalized spacial score (nSPS) is 15.2. The second-order valence-electron chi connectivity index (χ2n) is 19.0. The zero-order chi connectivity index (χ0) is 57.4. The first kappa shape index (κ1) is 61.3. The zero-order valence-corrected chi connectivity index (χ0v) is 43.4. The summed E-state index contributed by atoms with van der Waals surface area (Å²) in [5.41, 5.74) is 3.01. The molecule has 1 heterocycles. The van der Waals surface area contributed by atoms with Gasteiger partial charge in [-0.05, 0) is 77.4 Å². The molecule has 11 N–H and O–H groups in total. The molecule has 5 rings (SSSR count). The van der Waals surface area contributed by atoms with Crippen molar-refractivity contribution in [2.75, 3.05) is 90.4 Å². The number of hydrogen-bond acceptors (Lipinski definition) is 14. The van der Waals surface area contributed by atoms with Crippen LogP contribution in [0.4, 0.5) is 10.5 Å². The third-order valence-electron chi connectivity index (χ3n) is 13.0. The molecule has 79 heavy (non-hydrogen) atoms. The third kappa shape index (κ3) is 21.8. The first-order valence-electron chi connectivity index (χ1n) is 25.6. The van der Waals surface area contributed by atoms with Crippen LogP contribution in [0.2, 0.25) is 0 Å². The van der Waals surface area contributed by atoms with Crippen LogP contribution in [-0.2, 0) is 44.8 Å². The van der Waals surface area contributed by atoms with E-state index in [9.17, 15) is 73.5 Å². The summed E-state index contributed by atoms with van der Waals surface area (Å²) in [5.74, 6) is -8.72. The van der Waals surface area contributed by atoms with Crippen LogP contribution < -0.4 is 26.6 Å². The average Bonchev–Trinajstić information content (AvgIpc) is 3.40. The number of nitrogens with one attached hydrogen (secondary N) is 5. The van der Waals surface area contributed by atoms with E-state index in [1.54, 1.807) is 63.2 Å². The van der Waals surface area contributed by atoms with Gasteiger partial charge in [0.25, 0.3) is 5.91 Å². The number of nitrogens with zero attached hydrogens (tertiary/aromatic N) is 4. The summed E-state index contributed by atoms with van der Waals surface area (Å²) in [7, 11) is 0. The van der Waals surface area contributed by atoms with E-state index in [1.807, 2.05) is 47.4 Å². The lowest BCUT2D eigenvalue weighted by Crippen LogP contribution is -2.51. The molecule has 1 aliphatic rings. The maximum Gasteiger partial charge on any atom is 0.326 e. The van der Waals surface area contributed by atoms with Crippen molar-refractivity contribution in [3.8, 4) is 11.1 Å². The van der Waals surface area contributed by atoms with Crippen LogP contribution in [-0.4, -0.2) is 213 Å². The van der Waals surface area contributed by atoms with Gasteiger partial charge in [0.1, 0.15) is 18.1 Å². The molecular weight excluding hydrogens is 1030 g/mol. The molecule has 5 amide bonds. The van der Waals surface area contributed by atoms with Gasteiger partial charge < -0.3 is 57.2 Å². The van der Waals surface area contributed by atoms with Gasteiger partial charge in [0.15, 0.2) is 0 Å². The highest BCUT2D eigenvalue weighted by Crippen LogP contribution is 2.23. The maximum absolute atomic E-state index is 13.8. The van der Waals surface area contributed by atoms with E-state index in [1.165, 1.54) is 0 Å². The number of amides is 5. The van der Waals surface area contributed by atoms with Gasteiger partial charge in [-0.15, -0.1) is 0 Å². The predicted molar refractivity (Wildman–Crippen MR) is 286 cm³/mol. The summed E-state index contributed by atoms with van der Waals surface area (Å²) in [6.07, 6.45) is -0.434. The summed E-state index contributed by atoms with van der Waals surface area (Å²) in [4.78, 5) is 129. The van der Waals surface area contributed by atoms with E-state index in [4.69, 9.17) is 5.11 Å². The van der Waals surface area contributed by atoms with Crippen LogP contribution in [0, 0.1) is 0 Å². The standard InChI is InChI=1S/C54H67N9O16/c64-45(31-60-21-23-61(32-47(67)68)25-27-63(34-49(71)72)28-26-62(24-22-60)33-48(69)70)56-41-16-14-38(15-17-41)37-10-12-39(13-11-37)50(73)57-44(30-35-8-9-36-5-1-2-6-40(36)29-35)51(74)55-20-4-3-7-42(52(75)76)58-54(79)59-43(53(77)78)18-19-46(65)66/h1-2,5-6,8-17,29,42-44H,3-4,7,18-28,30-34H2,(H,55,74)(H,56,64)(H,57,73)(H,65,66)(H,67,68)(H,69,70)(H,71,72)(H,75,76)(H,77,78)(H2,58,59,79)/t42-,43?,44-/m0/s1. The van der Waals surface area contributed by atoms with Gasteiger partial charge in [-0.25, -0.2) is 14.4 Å². The van der Waals surface area contributed by atoms with Crippen LogP contribution in [0.25, 0.3) is 21.9 Å². The fourth-order valence-corrected chi connectivity index (χ4v) is 8.75. The molecular formula is C54H67N9O16. The number of anilines is 1. The van der Waals surface area contributed by atoms with Gasteiger partial charge in [0.2, 0.25) is 11.8 Å². The molecule has 3 atom stereocenters. The van der Waals surface area contributed by atoms with Crippen molar-refractivity contribution in [3.63, 3.8) is 0 Å². The number of carboxylic acid groups (broad SMARTS) is 6. The molecule has 0 saturated carbocycles. The van der Waals surface area contributed by atoms with Crippen molar-refractivity contribution in [2.24, 2.45) is 0 Å². The molecule has 1 saturated heterocycles. The molecule has 1 fully saturated rings. The van der Waals surface area contributed by atoms with Gasteiger partial charge in [0.05, 0.1) is 26.2 Å². The second-order valence-corrected chi connectivity index (χ2v) is 19.0. The van der Waals surface area contributed by atoms with Gasteiger partial charge in [-0.2, -0.15) is 0 Å². The Labute approximate surface area is 454 Å². The minimum absolute atomic E-state index is 0.0798. The monoisotopic (exact) mass is 1100 g/mol. The molecule has 424 valence electrons.